The van der Waals surface area contributed by atoms with Crippen LogP contribution in [0.5, 0.6) is 0 Å². The van der Waals surface area contributed by atoms with Crippen molar-refractivity contribution < 1.29 is 22.2 Å². The maximum atomic E-state index is 12.4. The van der Waals surface area contributed by atoms with E-state index < -0.39 is 30.6 Å². The van der Waals surface area contributed by atoms with Crippen LogP contribution in [0.1, 0.15) is 30.1 Å². The number of alkyl halides is 3. The lowest BCUT2D eigenvalue weighted by Gasteiger charge is -2.26. The number of rotatable bonds is 6. The number of aromatic amines is 1. The van der Waals surface area contributed by atoms with E-state index in [9.17, 15) is 23.2 Å². The van der Waals surface area contributed by atoms with Crippen molar-refractivity contribution in [2.24, 2.45) is 0 Å². The summed E-state index contributed by atoms with van der Waals surface area (Å²) in [4.78, 5) is 28.1. The quantitative estimate of drug-likeness (QED) is 0.499. The molecule has 0 saturated carbocycles. The van der Waals surface area contributed by atoms with Gasteiger partial charge in [0.25, 0.3) is 0 Å². The number of nitriles is 1. The van der Waals surface area contributed by atoms with Crippen molar-refractivity contribution in [3.05, 3.63) is 35.2 Å². The summed E-state index contributed by atoms with van der Waals surface area (Å²) in [7, 11) is 0. The van der Waals surface area contributed by atoms with Gasteiger partial charge in [-0.2, -0.15) is 18.4 Å². The molecule has 0 fully saturated rings. The second-order valence-electron chi connectivity index (χ2n) is 7.19. The fourth-order valence-corrected chi connectivity index (χ4v) is 2.90. The van der Waals surface area contributed by atoms with Gasteiger partial charge in [-0.25, -0.2) is 15.0 Å². The standard InChI is InChI=1S/C19H17ClF3N7O.3H2/c1-18(2,17(31)25-4-3-19(21,22)23)30-14-10(6-24)7-26-16(29-14)13-9-28-15-12(13)5-11(20)8-27-15;;;/h5,7-9H,3-4H2,1-2H3,(H,25,31)(H,27,28)(H,26,29,30);3*1H. The molecule has 0 spiro atoms. The maximum absolute atomic E-state index is 12.4. The van der Waals surface area contributed by atoms with E-state index in [4.69, 9.17) is 11.6 Å². The molecule has 0 bridgehead atoms. The third-order valence-corrected chi connectivity index (χ3v) is 4.55. The zero-order chi connectivity index (χ0) is 22.8. The molecular weight excluding hydrogens is 435 g/mol. The Morgan fingerprint density at radius 1 is 1.32 bits per heavy atom. The summed E-state index contributed by atoms with van der Waals surface area (Å²) in [6.07, 6.45) is -1.12. The molecule has 3 aromatic rings. The topological polar surface area (TPSA) is 119 Å². The Bertz CT molecular complexity index is 1180. The number of pyridine rings is 1. The lowest BCUT2D eigenvalue weighted by molar-refractivity contribution is -0.136. The number of hydrogen-bond donors (Lipinski definition) is 3. The minimum Gasteiger partial charge on any atom is -0.355 e. The van der Waals surface area contributed by atoms with Crippen molar-refractivity contribution in [1.29, 1.82) is 5.26 Å². The van der Waals surface area contributed by atoms with Crippen LogP contribution in [0, 0.1) is 11.3 Å². The molecule has 0 aromatic carbocycles. The van der Waals surface area contributed by atoms with Gasteiger partial charge in [0.15, 0.2) is 5.82 Å². The van der Waals surface area contributed by atoms with Gasteiger partial charge in [-0.05, 0) is 19.9 Å². The first-order chi connectivity index (χ1) is 14.5. The molecule has 3 rings (SSSR count). The number of aromatic nitrogens is 4. The van der Waals surface area contributed by atoms with Gasteiger partial charge in [0.05, 0.1) is 17.6 Å². The average molecular weight is 458 g/mol. The normalized spacial score (nSPS) is 11.9. The fourth-order valence-electron chi connectivity index (χ4n) is 2.74. The number of nitrogens with one attached hydrogen (secondary N) is 3. The van der Waals surface area contributed by atoms with Crippen LogP contribution in [0.4, 0.5) is 19.0 Å². The molecule has 168 valence electrons. The van der Waals surface area contributed by atoms with Gasteiger partial charge in [0.2, 0.25) is 5.91 Å². The number of amides is 1. The van der Waals surface area contributed by atoms with Crippen LogP contribution in [-0.2, 0) is 4.79 Å². The molecule has 3 aromatic heterocycles. The molecule has 0 unspecified atom stereocenters. The number of anilines is 1. The first-order valence-corrected chi connectivity index (χ1v) is 9.41. The van der Waals surface area contributed by atoms with Crippen molar-refractivity contribution >= 4 is 34.4 Å². The molecule has 0 aliphatic heterocycles. The highest BCUT2D eigenvalue weighted by atomic mass is 35.5. The van der Waals surface area contributed by atoms with Crippen LogP contribution in [0.2, 0.25) is 5.02 Å². The zero-order valence-electron chi connectivity index (χ0n) is 16.4. The molecule has 8 nitrogen and oxygen atoms in total. The fraction of sp³-hybridized carbons (Fsp3) is 0.316. The summed E-state index contributed by atoms with van der Waals surface area (Å²) in [5.74, 6) is -0.373. The SMILES string of the molecule is CC(C)(Nc1nc(-c2c[nH]c3ncc(Cl)cc23)ncc1C#N)C(=O)NCCC(F)(F)F.[HH].[HH].[HH]. The third-order valence-electron chi connectivity index (χ3n) is 4.34. The second kappa shape index (κ2) is 8.39. The average Bonchev–Trinajstić information content (AvgIpc) is 3.09. The summed E-state index contributed by atoms with van der Waals surface area (Å²) < 4.78 is 37.0. The van der Waals surface area contributed by atoms with E-state index in [0.29, 0.717) is 21.6 Å². The summed E-state index contributed by atoms with van der Waals surface area (Å²) in [5.41, 5.74) is -0.152. The van der Waals surface area contributed by atoms with Crippen LogP contribution in [-0.4, -0.2) is 44.1 Å². The van der Waals surface area contributed by atoms with Gasteiger partial charge in [0, 0.05) is 34.2 Å². The highest BCUT2D eigenvalue weighted by Gasteiger charge is 2.31. The molecule has 0 aliphatic carbocycles. The van der Waals surface area contributed by atoms with Crippen LogP contribution in [0.3, 0.4) is 0 Å². The number of fused-ring (bicyclic) bond motifs is 1. The monoisotopic (exact) mass is 457 g/mol. The molecule has 0 aliphatic rings. The van der Waals surface area contributed by atoms with Gasteiger partial charge in [-0.3, -0.25) is 4.79 Å². The lowest BCUT2D eigenvalue weighted by atomic mass is 10.0. The predicted molar refractivity (Wildman–Crippen MR) is 115 cm³/mol. The van der Waals surface area contributed by atoms with E-state index in [-0.39, 0.29) is 21.5 Å². The Kier molecular flexibility index (Phi) is 6.03. The minimum absolute atomic E-state index is 0. The number of nitrogens with zero attached hydrogens (tertiary/aromatic N) is 4. The minimum atomic E-state index is -4.38. The van der Waals surface area contributed by atoms with Crippen LogP contribution in [0.25, 0.3) is 22.4 Å². The summed E-state index contributed by atoms with van der Waals surface area (Å²) in [5, 5.41) is 15.5. The highest BCUT2D eigenvalue weighted by molar-refractivity contribution is 6.31. The molecule has 31 heavy (non-hydrogen) atoms. The third kappa shape index (κ3) is 5.21. The number of hydrogen-bond acceptors (Lipinski definition) is 6. The van der Waals surface area contributed by atoms with Crippen molar-refractivity contribution in [2.45, 2.75) is 32.0 Å². The molecule has 3 N–H and O–H groups in total. The number of halogens is 4. The molecular formula is C19H23ClF3N7O. The van der Waals surface area contributed by atoms with E-state index in [1.165, 1.54) is 26.2 Å². The summed E-state index contributed by atoms with van der Waals surface area (Å²) >= 11 is 6.02. The zero-order valence-corrected chi connectivity index (χ0v) is 17.2. The first kappa shape index (κ1) is 22.3. The van der Waals surface area contributed by atoms with Gasteiger partial charge >= 0.3 is 6.18 Å². The van der Waals surface area contributed by atoms with Crippen LogP contribution >= 0.6 is 11.6 Å². The van der Waals surface area contributed by atoms with Gasteiger partial charge in [0.1, 0.15) is 28.6 Å². The molecule has 0 radical (unpaired) electrons. The van der Waals surface area contributed by atoms with Crippen LogP contribution < -0.4 is 10.6 Å². The van der Waals surface area contributed by atoms with E-state index in [0.717, 1.165) is 0 Å². The van der Waals surface area contributed by atoms with Crippen molar-refractivity contribution in [1.82, 2.24) is 25.3 Å². The van der Waals surface area contributed by atoms with E-state index >= 15 is 0 Å². The van der Waals surface area contributed by atoms with E-state index in [2.05, 4.69) is 30.6 Å². The van der Waals surface area contributed by atoms with Gasteiger partial charge < -0.3 is 15.6 Å². The van der Waals surface area contributed by atoms with Gasteiger partial charge in [-0.1, -0.05) is 11.6 Å². The Labute approximate surface area is 184 Å². The van der Waals surface area contributed by atoms with Crippen molar-refractivity contribution in [3.8, 4) is 17.5 Å². The maximum Gasteiger partial charge on any atom is 0.390 e. The summed E-state index contributed by atoms with van der Waals surface area (Å²) in [6.45, 7) is 2.37. The molecule has 0 atom stereocenters. The van der Waals surface area contributed by atoms with Gasteiger partial charge in [-0.15, -0.1) is 0 Å². The number of carbonyl (C=O) groups excluding carboxylic acids is 1. The molecule has 1 amide bonds. The highest BCUT2D eigenvalue weighted by Crippen LogP contribution is 2.29. The first-order valence-electron chi connectivity index (χ1n) is 9.03. The van der Waals surface area contributed by atoms with Crippen LogP contribution in [0.15, 0.2) is 24.7 Å². The number of carbonyl (C=O) groups is 1. The van der Waals surface area contributed by atoms with Crippen molar-refractivity contribution in [2.75, 3.05) is 11.9 Å². The molecule has 0 saturated heterocycles. The smallest absolute Gasteiger partial charge is 0.355 e. The second-order valence-corrected chi connectivity index (χ2v) is 7.63. The molecule has 3 heterocycles. The summed E-state index contributed by atoms with van der Waals surface area (Å²) in [6, 6.07) is 3.61. The Balaban J connectivity index is 0.00000363. The molecule has 12 heteroatoms. The van der Waals surface area contributed by atoms with E-state index in [1.54, 1.807) is 12.3 Å². The number of H-pyrrole nitrogens is 1. The predicted octanol–water partition coefficient (Wildman–Crippen LogP) is 4.54. The Morgan fingerprint density at radius 2 is 2.06 bits per heavy atom. The largest absolute Gasteiger partial charge is 0.390 e. The lowest BCUT2D eigenvalue weighted by Crippen LogP contribution is -2.49. The Morgan fingerprint density at radius 3 is 2.74 bits per heavy atom. The van der Waals surface area contributed by atoms with E-state index in [1.807, 2.05) is 6.07 Å². The Hall–Kier alpha value is -3.39. The van der Waals surface area contributed by atoms with Crippen molar-refractivity contribution in [3.63, 3.8) is 0 Å².